The summed E-state index contributed by atoms with van der Waals surface area (Å²) in [5.74, 6) is 1.09. The third kappa shape index (κ3) is 0.856. The van der Waals surface area contributed by atoms with Gasteiger partial charge in [-0.3, -0.25) is 0 Å². The first-order valence-electron chi connectivity index (χ1n) is 4.12. The third-order valence-corrected chi connectivity index (χ3v) is 2.96. The van der Waals surface area contributed by atoms with Gasteiger partial charge in [-0.25, -0.2) is 4.98 Å². The molecule has 0 bridgehead atoms. The second kappa shape index (κ2) is 2.42. The van der Waals surface area contributed by atoms with Gasteiger partial charge >= 0.3 is 0 Å². The zero-order valence-corrected chi connectivity index (χ0v) is 8.25. The summed E-state index contributed by atoms with van der Waals surface area (Å²) in [6, 6.07) is 1.97. The lowest BCUT2D eigenvalue weighted by Gasteiger charge is -1.96. The molecule has 14 heavy (non-hydrogen) atoms. The highest BCUT2D eigenvalue weighted by Gasteiger charge is 2.09. The first-order chi connectivity index (χ1) is 6.75. The average Bonchev–Trinajstić information content (AvgIpc) is 2.69. The van der Waals surface area contributed by atoms with E-state index in [1.54, 1.807) is 15.9 Å². The largest absolute Gasteiger partial charge is 0.366 e. The van der Waals surface area contributed by atoms with Crippen molar-refractivity contribution in [2.75, 3.05) is 5.73 Å². The molecule has 0 aromatic carbocycles. The maximum atomic E-state index is 5.55. The van der Waals surface area contributed by atoms with Crippen LogP contribution < -0.4 is 5.73 Å². The van der Waals surface area contributed by atoms with Crippen LogP contribution in [0.4, 0.5) is 5.95 Å². The van der Waals surface area contributed by atoms with Crippen LogP contribution in [0.15, 0.2) is 11.4 Å². The van der Waals surface area contributed by atoms with Gasteiger partial charge in [-0.15, -0.1) is 16.4 Å². The number of nitrogens with two attached hydrogens (primary N) is 1. The van der Waals surface area contributed by atoms with E-state index in [4.69, 9.17) is 5.73 Å². The number of aromatic nitrogens is 4. The van der Waals surface area contributed by atoms with Gasteiger partial charge < -0.3 is 5.73 Å². The topological polar surface area (TPSA) is 69.1 Å². The molecule has 0 unspecified atom stereocenters. The van der Waals surface area contributed by atoms with Crippen molar-refractivity contribution in [3.05, 3.63) is 17.3 Å². The molecule has 0 radical (unpaired) electrons. The molecule has 3 heterocycles. The van der Waals surface area contributed by atoms with Crippen LogP contribution in [0, 0.1) is 6.92 Å². The predicted octanol–water partition coefficient (Wildman–Crippen LogP) is 1.23. The highest BCUT2D eigenvalue weighted by molar-refractivity contribution is 7.17. The Kier molecular flexibility index (Phi) is 1.33. The second-order valence-electron chi connectivity index (χ2n) is 3.00. The van der Waals surface area contributed by atoms with Crippen LogP contribution >= 0.6 is 11.3 Å². The van der Waals surface area contributed by atoms with Crippen molar-refractivity contribution in [1.82, 2.24) is 19.6 Å². The van der Waals surface area contributed by atoms with Gasteiger partial charge in [0.2, 0.25) is 5.95 Å². The Bertz CT molecular complexity index is 623. The van der Waals surface area contributed by atoms with Crippen LogP contribution in [-0.4, -0.2) is 19.6 Å². The van der Waals surface area contributed by atoms with Crippen molar-refractivity contribution in [1.29, 1.82) is 0 Å². The molecular formula is C8H7N5S. The average molecular weight is 205 g/mol. The summed E-state index contributed by atoms with van der Waals surface area (Å²) < 4.78 is 2.70. The summed E-state index contributed by atoms with van der Waals surface area (Å²) in [5.41, 5.74) is 7.30. The van der Waals surface area contributed by atoms with Gasteiger partial charge in [-0.1, -0.05) is 0 Å². The lowest BCUT2D eigenvalue weighted by Crippen LogP contribution is -1.97. The van der Waals surface area contributed by atoms with Gasteiger partial charge in [0.25, 0.3) is 0 Å². The van der Waals surface area contributed by atoms with E-state index in [1.165, 1.54) is 0 Å². The van der Waals surface area contributed by atoms with Gasteiger partial charge in [0.15, 0.2) is 5.65 Å². The Morgan fingerprint density at radius 1 is 1.43 bits per heavy atom. The Labute approximate surface area is 83.2 Å². The van der Waals surface area contributed by atoms with E-state index in [2.05, 4.69) is 15.1 Å². The molecule has 0 spiro atoms. The number of aryl methyl sites for hydroxylation is 1. The number of fused-ring (bicyclic) bond motifs is 3. The molecule has 0 amide bonds. The molecule has 5 nitrogen and oxygen atoms in total. The molecule has 6 heteroatoms. The van der Waals surface area contributed by atoms with Crippen molar-refractivity contribution in [2.45, 2.75) is 6.92 Å². The lowest BCUT2D eigenvalue weighted by atomic mass is 10.4. The number of nitrogen functional groups attached to an aromatic ring is 1. The number of nitrogens with zero attached hydrogens (tertiary/aromatic N) is 4. The summed E-state index contributed by atoms with van der Waals surface area (Å²) in [7, 11) is 0. The molecule has 2 N–H and O–H groups in total. The molecule has 3 aromatic rings. The van der Waals surface area contributed by atoms with Crippen LogP contribution in [0.1, 0.15) is 5.82 Å². The Morgan fingerprint density at radius 2 is 2.29 bits per heavy atom. The quantitative estimate of drug-likeness (QED) is 0.599. The van der Waals surface area contributed by atoms with Crippen molar-refractivity contribution in [3.63, 3.8) is 0 Å². The fraction of sp³-hybridized carbons (Fsp3) is 0.125. The van der Waals surface area contributed by atoms with Gasteiger partial charge in [-0.2, -0.15) is 9.50 Å². The zero-order valence-electron chi connectivity index (χ0n) is 7.43. The first kappa shape index (κ1) is 7.69. The highest BCUT2D eigenvalue weighted by atomic mass is 32.1. The maximum Gasteiger partial charge on any atom is 0.240 e. The van der Waals surface area contributed by atoms with E-state index < -0.39 is 0 Å². The number of hydrogen-bond donors (Lipinski definition) is 1. The van der Waals surface area contributed by atoms with Gasteiger partial charge in [-0.05, 0) is 18.4 Å². The SMILES string of the molecule is Cc1nc2ccsc2c2nc(N)nn12. The maximum absolute atomic E-state index is 5.55. The van der Waals surface area contributed by atoms with Gasteiger partial charge in [0, 0.05) is 0 Å². The number of hydrogen-bond acceptors (Lipinski definition) is 5. The monoisotopic (exact) mass is 205 g/mol. The summed E-state index contributed by atoms with van der Waals surface area (Å²) in [4.78, 5) is 8.57. The summed E-state index contributed by atoms with van der Waals surface area (Å²) in [5, 5.41) is 6.06. The van der Waals surface area contributed by atoms with Crippen molar-refractivity contribution in [2.24, 2.45) is 0 Å². The Balaban J connectivity index is 2.65. The van der Waals surface area contributed by atoms with Crippen LogP contribution in [-0.2, 0) is 0 Å². The van der Waals surface area contributed by atoms with Crippen LogP contribution in [0.5, 0.6) is 0 Å². The fourth-order valence-corrected chi connectivity index (χ4v) is 2.29. The number of rotatable bonds is 0. The molecule has 3 aromatic heterocycles. The van der Waals surface area contributed by atoms with E-state index in [-0.39, 0.29) is 5.95 Å². The van der Waals surface area contributed by atoms with Crippen molar-refractivity contribution in [3.8, 4) is 0 Å². The van der Waals surface area contributed by atoms with Gasteiger partial charge in [0.1, 0.15) is 5.82 Å². The third-order valence-electron chi connectivity index (χ3n) is 2.06. The molecule has 0 aliphatic rings. The molecule has 70 valence electrons. The van der Waals surface area contributed by atoms with E-state index in [0.717, 1.165) is 21.7 Å². The Morgan fingerprint density at radius 3 is 3.14 bits per heavy atom. The smallest absolute Gasteiger partial charge is 0.240 e. The minimum Gasteiger partial charge on any atom is -0.366 e. The van der Waals surface area contributed by atoms with Crippen molar-refractivity contribution >= 4 is 33.1 Å². The zero-order chi connectivity index (χ0) is 9.71. The summed E-state index contributed by atoms with van der Waals surface area (Å²) >= 11 is 1.60. The number of thiophene rings is 1. The van der Waals surface area contributed by atoms with Crippen LogP contribution in [0.3, 0.4) is 0 Å². The normalized spacial score (nSPS) is 11.5. The standard InChI is InChI=1S/C8H7N5S/c1-4-10-5-2-3-14-6(5)7-11-8(9)12-13(4)7/h2-3H,1H3,(H2,9,12). The minimum absolute atomic E-state index is 0.288. The number of anilines is 1. The first-order valence-corrected chi connectivity index (χ1v) is 5.00. The molecule has 0 aliphatic carbocycles. The van der Waals surface area contributed by atoms with Crippen molar-refractivity contribution < 1.29 is 0 Å². The van der Waals surface area contributed by atoms with E-state index in [0.29, 0.717) is 0 Å². The molecule has 0 atom stereocenters. The van der Waals surface area contributed by atoms with Crippen LogP contribution in [0.2, 0.25) is 0 Å². The molecule has 0 saturated heterocycles. The minimum atomic E-state index is 0.288. The predicted molar refractivity (Wildman–Crippen MR) is 55.3 cm³/mol. The Hall–Kier alpha value is -1.69. The second-order valence-corrected chi connectivity index (χ2v) is 3.92. The van der Waals surface area contributed by atoms with E-state index in [1.807, 2.05) is 18.4 Å². The van der Waals surface area contributed by atoms with Crippen LogP contribution in [0.25, 0.3) is 15.9 Å². The molecular weight excluding hydrogens is 198 g/mol. The highest BCUT2D eigenvalue weighted by Crippen LogP contribution is 2.23. The summed E-state index contributed by atoms with van der Waals surface area (Å²) in [6.45, 7) is 1.89. The summed E-state index contributed by atoms with van der Waals surface area (Å²) in [6.07, 6.45) is 0. The molecule has 0 aliphatic heterocycles. The van der Waals surface area contributed by atoms with E-state index in [9.17, 15) is 0 Å². The molecule has 3 rings (SSSR count). The lowest BCUT2D eigenvalue weighted by molar-refractivity contribution is 0.882. The fourth-order valence-electron chi connectivity index (χ4n) is 1.48. The van der Waals surface area contributed by atoms with E-state index >= 15 is 0 Å². The molecule has 0 fully saturated rings. The molecule has 0 saturated carbocycles. The van der Waals surface area contributed by atoms with Gasteiger partial charge in [0.05, 0.1) is 10.2 Å².